The molecule has 1 aromatic carbocycles. The monoisotopic (exact) mass is 330 g/mol. The van der Waals surface area contributed by atoms with Gasteiger partial charge in [-0.05, 0) is 37.3 Å². The first-order valence-corrected chi connectivity index (χ1v) is 8.88. The number of hydrogen-bond donors (Lipinski definition) is 1. The summed E-state index contributed by atoms with van der Waals surface area (Å²) in [6, 6.07) is 7.82. The van der Waals surface area contributed by atoms with E-state index in [2.05, 4.69) is 11.4 Å². The fourth-order valence-corrected chi connectivity index (χ4v) is 3.65. The minimum atomic E-state index is -0.289. The molecule has 0 spiro atoms. The number of carbonyl (C=O) groups excluding carboxylic acids is 2. The number of ether oxygens (including phenoxy) is 1. The van der Waals surface area contributed by atoms with Gasteiger partial charge < -0.3 is 15.0 Å². The summed E-state index contributed by atoms with van der Waals surface area (Å²) in [5.41, 5.74) is 1.15. The van der Waals surface area contributed by atoms with E-state index in [9.17, 15) is 9.59 Å². The maximum absolute atomic E-state index is 12.6. The van der Waals surface area contributed by atoms with Crippen LogP contribution in [0.5, 0.6) is 5.75 Å². The van der Waals surface area contributed by atoms with Gasteiger partial charge in [0.05, 0.1) is 7.11 Å². The summed E-state index contributed by atoms with van der Waals surface area (Å²) in [4.78, 5) is 26.5. The molecule has 0 aromatic heterocycles. The number of nitrogens with one attached hydrogen (secondary N) is 1. The standard InChI is InChI=1S/C19H26N2O3/c1-3-7-18(22)21-11-6-9-16(21)19(23)20-15-12-14(15)13-8-4-5-10-17(13)24-2/h4-5,8,10,14-16H,3,6-7,9,11-12H2,1-2H3,(H,20,23)/t14-,15-,16-/m1/s1. The molecule has 3 rings (SSSR count). The van der Waals surface area contributed by atoms with Gasteiger partial charge in [-0.25, -0.2) is 0 Å². The van der Waals surface area contributed by atoms with Crippen LogP contribution in [0.25, 0.3) is 0 Å². The molecule has 1 saturated carbocycles. The van der Waals surface area contributed by atoms with Crippen molar-refractivity contribution in [3.8, 4) is 5.75 Å². The van der Waals surface area contributed by atoms with Crippen molar-refractivity contribution in [3.63, 3.8) is 0 Å². The molecule has 0 unspecified atom stereocenters. The topological polar surface area (TPSA) is 58.6 Å². The molecule has 130 valence electrons. The van der Waals surface area contributed by atoms with Gasteiger partial charge in [0.2, 0.25) is 11.8 Å². The first kappa shape index (κ1) is 16.8. The number of amides is 2. The van der Waals surface area contributed by atoms with E-state index in [-0.39, 0.29) is 23.9 Å². The fraction of sp³-hybridized carbons (Fsp3) is 0.579. The number of methoxy groups -OCH3 is 1. The molecule has 0 radical (unpaired) electrons. The zero-order valence-electron chi connectivity index (χ0n) is 14.5. The lowest BCUT2D eigenvalue weighted by molar-refractivity contribution is -0.138. The van der Waals surface area contributed by atoms with Gasteiger partial charge in [-0.2, -0.15) is 0 Å². The van der Waals surface area contributed by atoms with E-state index in [1.54, 1.807) is 12.0 Å². The van der Waals surface area contributed by atoms with Crippen LogP contribution in [-0.4, -0.2) is 42.5 Å². The van der Waals surface area contributed by atoms with Gasteiger partial charge >= 0.3 is 0 Å². The summed E-state index contributed by atoms with van der Waals surface area (Å²) in [6.07, 6.45) is 3.96. The minimum absolute atomic E-state index is 0.000601. The number of rotatable bonds is 6. The van der Waals surface area contributed by atoms with Crippen molar-refractivity contribution in [2.75, 3.05) is 13.7 Å². The first-order chi connectivity index (χ1) is 11.7. The predicted molar refractivity (Wildman–Crippen MR) is 91.9 cm³/mol. The van der Waals surface area contributed by atoms with E-state index in [0.29, 0.717) is 18.9 Å². The Hall–Kier alpha value is -2.04. The molecule has 24 heavy (non-hydrogen) atoms. The summed E-state index contributed by atoms with van der Waals surface area (Å²) >= 11 is 0. The third kappa shape index (κ3) is 3.40. The average Bonchev–Trinajstić information content (AvgIpc) is 3.16. The molecule has 1 N–H and O–H groups in total. The second kappa shape index (κ2) is 7.24. The molecular weight excluding hydrogens is 304 g/mol. The van der Waals surface area contributed by atoms with E-state index in [1.165, 1.54) is 0 Å². The van der Waals surface area contributed by atoms with Crippen LogP contribution in [0, 0.1) is 0 Å². The van der Waals surface area contributed by atoms with Crippen LogP contribution >= 0.6 is 0 Å². The molecule has 2 fully saturated rings. The van der Waals surface area contributed by atoms with Gasteiger partial charge in [0.15, 0.2) is 0 Å². The molecule has 5 heteroatoms. The molecule has 3 atom stereocenters. The van der Waals surface area contributed by atoms with Crippen LogP contribution in [0.2, 0.25) is 0 Å². The third-order valence-electron chi connectivity index (χ3n) is 5.00. The third-order valence-corrected chi connectivity index (χ3v) is 5.00. The minimum Gasteiger partial charge on any atom is -0.496 e. The molecule has 0 bridgehead atoms. The highest BCUT2D eigenvalue weighted by Gasteiger charge is 2.43. The summed E-state index contributed by atoms with van der Waals surface area (Å²) in [6.45, 7) is 2.70. The van der Waals surface area contributed by atoms with Gasteiger partial charge in [-0.15, -0.1) is 0 Å². The Kier molecular flexibility index (Phi) is 5.07. The van der Waals surface area contributed by atoms with Crippen LogP contribution < -0.4 is 10.1 Å². The Morgan fingerprint density at radius 1 is 1.33 bits per heavy atom. The van der Waals surface area contributed by atoms with Gasteiger partial charge in [0.1, 0.15) is 11.8 Å². The second-order valence-electron chi connectivity index (χ2n) is 6.69. The molecule has 1 aliphatic carbocycles. The molecule has 1 aliphatic heterocycles. The zero-order chi connectivity index (χ0) is 17.1. The average molecular weight is 330 g/mol. The largest absolute Gasteiger partial charge is 0.496 e. The summed E-state index contributed by atoms with van der Waals surface area (Å²) in [7, 11) is 1.67. The Morgan fingerprint density at radius 3 is 2.88 bits per heavy atom. The van der Waals surface area contributed by atoms with Crippen molar-refractivity contribution in [3.05, 3.63) is 29.8 Å². The first-order valence-electron chi connectivity index (χ1n) is 8.88. The second-order valence-corrected chi connectivity index (χ2v) is 6.69. The number of nitrogens with zero attached hydrogens (tertiary/aromatic N) is 1. The summed E-state index contributed by atoms with van der Waals surface area (Å²) in [5, 5.41) is 3.13. The Balaban J connectivity index is 1.59. The fourth-order valence-electron chi connectivity index (χ4n) is 3.65. The number of benzene rings is 1. The van der Waals surface area contributed by atoms with Crippen LogP contribution in [0.3, 0.4) is 0 Å². The van der Waals surface area contributed by atoms with E-state index in [0.717, 1.165) is 37.0 Å². The van der Waals surface area contributed by atoms with Crippen molar-refractivity contribution < 1.29 is 14.3 Å². The van der Waals surface area contributed by atoms with Crippen molar-refractivity contribution in [1.29, 1.82) is 0 Å². The maximum Gasteiger partial charge on any atom is 0.243 e. The molecule has 5 nitrogen and oxygen atoms in total. The highest BCUT2D eigenvalue weighted by molar-refractivity contribution is 5.88. The van der Waals surface area contributed by atoms with Crippen molar-refractivity contribution in [2.24, 2.45) is 0 Å². The van der Waals surface area contributed by atoms with Gasteiger partial charge in [-0.3, -0.25) is 9.59 Å². The predicted octanol–water partition coefficient (Wildman–Crippen LogP) is 2.46. The highest BCUT2D eigenvalue weighted by Crippen LogP contribution is 2.44. The SMILES string of the molecule is CCCC(=O)N1CCC[C@@H]1C(=O)N[C@@H]1C[C@@H]1c1ccccc1OC. The molecule has 2 aliphatic rings. The zero-order valence-corrected chi connectivity index (χ0v) is 14.5. The van der Waals surface area contributed by atoms with Gasteiger partial charge in [-0.1, -0.05) is 25.1 Å². The normalized spacial score (nSPS) is 25.4. The molecule has 1 aromatic rings. The Bertz CT molecular complexity index is 616. The lowest BCUT2D eigenvalue weighted by Gasteiger charge is -2.24. The molecule has 1 saturated heterocycles. The van der Waals surface area contributed by atoms with Crippen molar-refractivity contribution >= 4 is 11.8 Å². The Morgan fingerprint density at radius 2 is 2.12 bits per heavy atom. The molecule has 1 heterocycles. The summed E-state index contributed by atoms with van der Waals surface area (Å²) < 4.78 is 5.41. The number of likely N-dealkylation sites (tertiary alicyclic amines) is 1. The van der Waals surface area contributed by atoms with E-state index < -0.39 is 0 Å². The number of carbonyl (C=O) groups is 2. The molecular formula is C19H26N2O3. The van der Waals surface area contributed by atoms with Gasteiger partial charge in [0, 0.05) is 24.9 Å². The van der Waals surface area contributed by atoms with Crippen LogP contribution in [0.1, 0.15) is 50.5 Å². The maximum atomic E-state index is 12.6. The van der Waals surface area contributed by atoms with Crippen LogP contribution in [0.15, 0.2) is 24.3 Å². The van der Waals surface area contributed by atoms with E-state index in [1.807, 2.05) is 25.1 Å². The van der Waals surface area contributed by atoms with Crippen molar-refractivity contribution in [1.82, 2.24) is 10.2 Å². The summed E-state index contributed by atoms with van der Waals surface area (Å²) in [5.74, 6) is 1.29. The van der Waals surface area contributed by atoms with E-state index in [4.69, 9.17) is 4.74 Å². The molecule has 2 amide bonds. The van der Waals surface area contributed by atoms with Gasteiger partial charge in [0.25, 0.3) is 0 Å². The highest BCUT2D eigenvalue weighted by atomic mass is 16.5. The van der Waals surface area contributed by atoms with Crippen LogP contribution in [-0.2, 0) is 9.59 Å². The smallest absolute Gasteiger partial charge is 0.243 e. The number of para-hydroxylation sites is 1. The lowest BCUT2D eigenvalue weighted by atomic mass is 10.1. The number of hydrogen-bond acceptors (Lipinski definition) is 3. The Labute approximate surface area is 143 Å². The quantitative estimate of drug-likeness (QED) is 0.872. The lowest BCUT2D eigenvalue weighted by Crippen LogP contribution is -2.46. The van der Waals surface area contributed by atoms with E-state index >= 15 is 0 Å². The van der Waals surface area contributed by atoms with Crippen LogP contribution in [0.4, 0.5) is 0 Å². The van der Waals surface area contributed by atoms with Crippen molar-refractivity contribution in [2.45, 2.75) is 57.0 Å².